The zero-order valence-corrected chi connectivity index (χ0v) is 9.84. The molecule has 0 radical (unpaired) electrons. The fourth-order valence-corrected chi connectivity index (χ4v) is 1.82. The standard InChI is InChI=1S/C13H14FN3O/c14-11-2-1-3-12(4-11)17-8-13(7-16-17)18-9-10-5-15-6-10/h1-4,7-8,10,15H,5-6,9H2. The van der Waals surface area contributed by atoms with E-state index >= 15 is 0 Å². The molecule has 1 aliphatic rings. The molecular formula is C13H14FN3O. The molecule has 0 spiro atoms. The van der Waals surface area contributed by atoms with E-state index in [1.54, 1.807) is 29.2 Å². The molecule has 1 saturated heterocycles. The molecule has 94 valence electrons. The summed E-state index contributed by atoms with van der Waals surface area (Å²) in [6, 6.07) is 6.31. The zero-order valence-electron chi connectivity index (χ0n) is 9.84. The van der Waals surface area contributed by atoms with Gasteiger partial charge in [-0.1, -0.05) is 6.07 Å². The minimum Gasteiger partial charge on any atom is -0.490 e. The van der Waals surface area contributed by atoms with Crippen molar-refractivity contribution in [1.82, 2.24) is 15.1 Å². The van der Waals surface area contributed by atoms with Crippen molar-refractivity contribution in [3.63, 3.8) is 0 Å². The zero-order chi connectivity index (χ0) is 12.4. The first kappa shape index (κ1) is 11.2. The van der Waals surface area contributed by atoms with E-state index in [-0.39, 0.29) is 5.82 Å². The molecule has 1 fully saturated rings. The molecular weight excluding hydrogens is 233 g/mol. The molecule has 0 atom stereocenters. The smallest absolute Gasteiger partial charge is 0.157 e. The number of nitrogens with zero attached hydrogens (tertiary/aromatic N) is 2. The van der Waals surface area contributed by atoms with Crippen molar-refractivity contribution in [3.05, 3.63) is 42.5 Å². The first-order valence-corrected chi connectivity index (χ1v) is 5.95. The summed E-state index contributed by atoms with van der Waals surface area (Å²) < 4.78 is 20.3. The highest BCUT2D eigenvalue weighted by Crippen LogP contribution is 2.15. The molecule has 1 aliphatic heterocycles. The normalized spacial score (nSPS) is 15.4. The molecule has 4 nitrogen and oxygen atoms in total. The van der Waals surface area contributed by atoms with Crippen LogP contribution in [0.3, 0.4) is 0 Å². The Bertz CT molecular complexity index is 537. The highest BCUT2D eigenvalue weighted by atomic mass is 19.1. The van der Waals surface area contributed by atoms with Crippen LogP contribution in [0.2, 0.25) is 0 Å². The molecule has 5 heteroatoms. The number of ether oxygens (including phenoxy) is 1. The predicted octanol–water partition coefficient (Wildman–Crippen LogP) is 1.61. The fraction of sp³-hybridized carbons (Fsp3) is 0.308. The molecule has 0 unspecified atom stereocenters. The Morgan fingerprint density at radius 1 is 1.44 bits per heavy atom. The first-order valence-electron chi connectivity index (χ1n) is 5.95. The van der Waals surface area contributed by atoms with Gasteiger partial charge in [-0.25, -0.2) is 9.07 Å². The Morgan fingerprint density at radius 3 is 3.06 bits per heavy atom. The first-order chi connectivity index (χ1) is 8.81. The number of nitrogens with one attached hydrogen (secondary N) is 1. The van der Waals surface area contributed by atoms with Crippen molar-refractivity contribution >= 4 is 0 Å². The Morgan fingerprint density at radius 2 is 2.33 bits per heavy atom. The van der Waals surface area contributed by atoms with E-state index in [9.17, 15) is 4.39 Å². The van der Waals surface area contributed by atoms with E-state index < -0.39 is 0 Å². The number of halogens is 1. The van der Waals surface area contributed by atoms with E-state index in [2.05, 4.69) is 10.4 Å². The minimum atomic E-state index is -0.272. The van der Waals surface area contributed by atoms with Crippen LogP contribution in [0.1, 0.15) is 0 Å². The van der Waals surface area contributed by atoms with E-state index in [1.807, 2.05) is 0 Å². The van der Waals surface area contributed by atoms with Gasteiger partial charge in [0.1, 0.15) is 5.82 Å². The lowest BCUT2D eigenvalue weighted by Gasteiger charge is -2.26. The summed E-state index contributed by atoms with van der Waals surface area (Å²) in [6.07, 6.45) is 3.41. The second-order valence-electron chi connectivity index (χ2n) is 4.44. The van der Waals surface area contributed by atoms with E-state index in [4.69, 9.17) is 4.74 Å². The molecule has 18 heavy (non-hydrogen) atoms. The largest absolute Gasteiger partial charge is 0.490 e. The van der Waals surface area contributed by atoms with Crippen LogP contribution >= 0.6 is 0 Å². The van der Waals surface area contributed by atoms with Gasteiger partial charge in [0.05, 0.1) is 24.7 Å². The average molecular weight is 247 g/mol. The molecule has 3 rings (SSSR count). The van der Waals surface area contributed by atoms with Crippen LogP contribution in [-0.2, 0) is 0 Å². The van der Waals surface area contributed by atoms with Crippen molar-refractivity contribution < 1.29 is 9.13 Å². The minimum absolute atomic E-state index is 0.272. The van der Waals surface area contributed by atoms with Gasteiger partial charge in [-0.2, -0.15) is 5.10 Å². The van der Waals surface area contributed by atoms with E-state index in [0.717, 1.165) is 13.1 Å². The predicted molar refractivity (Wildman–Crippen MR) is 65.4 cm³/mol. The van der Waals surface area contributed by atoms with Gasteiger partial charge in [-0.15, -0.1) is 0 Å². The number of hydrogen-bond acceptors (Lipinski definition) is 3. The van der Waals surface area contributed by atoms with Crippen LogP contribution in [0, 0.1) is 11.7 Å². The summed E-state index contributed by atoms with van der Waals surface area (Å²) in [7, 11) is 0. The van der Waals surface area contributed by atoms with Crippen LogP contribution in [0.25, 0.3) is 5.69 Å². The van der Waals surface area contributed by atoms with Gasteiger partial charge in [0.25, 0.3) is 0 Å². The molecule has 0 saturated carbocycles. The van der Waals surface area contributed by atoms with Gasteiger partial charge < -0.3 is 10.1 Å². The molecule has 1 N–H and O–H groups in total. The summed E-state index contributed by atoms with van der Waals surface area (Å²) in [5.41, 5.74) is 0.690. The molecule has 0 bridgehead atoms. The SMILES string of the molecule is Fc1cccc(-n2cc(OCC3CNC3)cn2)c1. The van der Waals surface area contributed by atoms with Crippen LogP contribution in [-0.4, -0.2) is 29.5 Å². The van der Waals surface area contributed by atoms with Crippen LogP contribution in [0.5, 0.6) is 5.75 Å². The van der Waals surface area contributed by atoms with Crippen molar-refractivity contribution in [2.24, 2.45) is 5.92 Å². The third-order valence-electron chi connectivity index (χ3n) is 2.98. The van der Waals surface area contributed by atoms with Crippen molar-refractivity contribution in [2.75, 3.05) is 19.7 Å². The van der Waals surface area contributed by atoms with Gasteiger partial charge in [0, 0.05) is 19.0 Å². The van der Waals surface area contributed by atoms with Gasteiger partial charge in [0.2, 0.25) is 0 Å². The fourth-order valence-electron chi connectivity index (χ4n) is 1.82. The van der Waals surface area contributed by atoms with Crippen LogP contribution in [0.4, 0.5) is 4.39 Å². The van der Waals surface area contributed by atoms with Gasteiger partial charge in [0.15, 0.2) is 5.75 Å². The summed E-state index contributed by atoms with van der Waals surface area (Å²) in [4.78, 5) is 0. The lowest BCUT2D eigenvalue weighted by atomic mass is 10.1. The third-order valence-corrected chi connectivity index (χ3v) is 2.98. The van der Waals surface area contributed by atoms with E-state index in [1.165, 1.54) is 12.1 Å². The highest BCUT2D eigenvalue weighted by Gasteiger charge is 2.17. The molecule has 0 amide bonds. The Kier molecular flexibility index (Phi) is 2.98. The molecule has 0 aliphatic carbocycles. The maximum atomic E-state index is 13.1. The summed E-state index contributed by atoms with van der Waals surface area (Å²) in [5, 5.41) is 7.35. The lowest BCUT2D eigenvalue weighted by Crippen LogP contribution is -2.45. The van der Waals surface area contributed by atoms with Gasteiger partial charge in [-0.05, 0) is 18.2 Å². The van der Waals surface area contributed by atoms with Crippen molar-refractivity contribution in [3.8, 4) is 11.4 Å². The van der Waals surface area contributed by atoms with Gasteiger partial charge in [-0.3, -0.25) is 0 Å². The number of rotatable bonds is 4. The van der Waals surface area contributed by atoms with Gasteiger partial charge >= 0.3 is 0 Å². The number of hydrogen-bond donors (Lipinski definition) is 1. The van der Waals surface area contributed by atoms with Crippen LogP contribution in [0.15, 0.2) is 36.7 Å². The summed E-state index contributed by atoms with van der Waals surface area (Å²) in [6.45, 7) is 2.72. The highest BCUT2D eigenvalue weighted by molar-refractivity contribution is 5.32. The Hall–Kier alpha value is -1.88. The Balaban J connectivity index is 1.68. The van der Waals surface area contributed by atoms with Crippen molar-refractivity contribution in [2.45, 2.75) is 0 Å². The van der Waals surface area contributed by atoms with E-state index in [0.29, 0.717) is 24.0 Å². The van der Waals surface area contributed by atoms with Crippen molar-refractivity contribution in [1.29, 1.82) is 0 Å². The number of aromatic nitrogens is 2. The molecule has 1 aromatic carbocycles. The molecule has 2 heterocycles. The van der Waals surface area contributed by atoms with Crippen LogP contribution < -0.4 is 10.1 Å². The second kappa shape index (κ2) is 4.78. The molecule has 1 aromatic heterocycles. The summed E-state index contributed by atoms with van der Waals surface area (Å²) in [5.74, 6) is 1.03. The quantitative estimate of drug-likeness (QED) is 0.892. The number of benzene rings is 1. The second-order valence-corrected chi connectivity index (χ2v) is 4.44. The lowest BCUT2D eigenvalue weighted by molar-refractivity contribution is 0.199. The molecule has 2 aromatic rings. The average Bonchev–Trinajstić information content (AvgIpc) is 2.76. The monoisotopic (exact) mass is 247 g/mol. The summed E-state index contributed by atoms with van der Waals surface area (Å²) >= 11 is 0. The maximum absolute atomic E-state index is 13.1. The maximum Gasteiger partial charge on any atom is 0.157 e. The third kappa shape index (κ3) is 2.36. The Labute approximate surface area is 104 Å². The topological polar surface area (TPSA) is 39.1 Å².